The number of aliphatic hydroxyl groups is 1. The van der Waals surface area contributed by atoms with Crippen LogP contribution in [0.4, 0.5) is 0 Å². The minimum Gasteiger partial charge on any atom is -0.480 e. The molecule has 0 aliphatic carbocycles. The molecule has 0 rings (SSSR count). The van der Waals surface area contributed by atoms with Crippen LogP contribution >= 0.6 is 0 Å². The number of carbonyl (C=O) groups excluding carboxylic acids is 3. The molecular weight excluding hydrogens is 370 g/mol. The van der Waals surface area contributed by atoms with E-state index < -0.39 is 47.9 Å². The van der Waals surface area contributed by atoms with E-state index in [9.17, 15) is 29.4 Å². The van der Waals surface area contributed by atoms with Gasteiger partial charge in [0.25, 0.3) is 0 Å². The van der Waals surface area contributed by atoms with Crippen LogP contribution in [0, 0.1) is 5.92 Å². The van der Waals surface area contributed by atoms with Gasteiger partial charge in [-0.25, -0.2) is 4.79 Å². The first kappa shape index (κ1) is 25.8. The summed E-state index contributed by atoms with van der Waals surface area (Å²) in [5, 5.41) is 26.2. The molecule has 4 atom stereocenters. The molecule has 3 amide bonds. The largest absolute Gasteiger partial charge is 0.480 e. The molecule has 0 aliphatic rings. The Balaban J connectivity index is 5.16. The lowest BCUT2D eigenvalue weighted by atomic mass is 10.0. The van der Waals surface area contributed by atoms with Crippen LogP contribution in [0.15, 0.2) is 0 Å². The fourth-order valence-corrected chi connectivity index (χ4v) is 2.43. The van der Waals surface area contributed by atoms with Gasteiger partial charge >= 0.3 is 5.97 Å². The fraction of sp³-hybridized carbons (Fsp3) is 0.765. The zero-order valence-electron chi connectivity index (χ0n) is 16.6. The average molecular weight is 403 g/mol. The van der Waals surface area contributed by atoms with Crippen molar-refractivity contribution in [3.05, 3.63) is 0 Å². The van der Waals surface area contributed by atoms with Crippen molar-refractivity contribution in [1.29, 1.82) is 0 Å². The topological polar surface area (TPSA) is 197 Å². The number of aliphatic carboxylic acids is 1. The summed E-state index contributed by atoms with van der Waals surface area (Å²) >= 11 is 0. The van der Waals surface area contributed by atoms with Crippen molar-refractivity contribution < 1.29 is 29.4 Å². The van der Waals surface area contributed by atoms with Crippen molar-refractivity contribution in [3.8, 4) is 0 Å². The average Bonchev–Trinajstić information content (AvgIpc) is 2.61. The standard InChI is InChI=1S/C17H33N5O6/c1-9(2)13(15(25)20-11(17(27)28)6-4-5-7-18)22-16(26)14(10(3)23)21-12(24)8-19/h9-11,13-14,23H,4-8,18-19H2,1-3H3,(H,20,25)(H,21,24)(H,22,26)(H,27,28). The van der Waals surface area contributed by atoms with Gasteiger partial charge in [0.1, 0.15) is 18.1 Å². The minimum absolute atomic E-state index is 0.208. The Bertz CT molecular complexity index is 540. The summed E-state index contributed by atoms with van der Waals surface area (Å²) in [6.07, 6.45) is 0.136. The van der Waals surface area contributed by atoms with Gasteiger partial charge in [0, 0.05) is 0 Å². The highest BCUT2D eigenvalue weighted by atomic mass is 16.4. The van der Waals surface area contributed by atoms with Crippen LogP contribution < -0.4 is 27.4 Å². The number of hydrogen-bond donors (Lipinski definition) is 7. The molecule has 0 aromatic carbocycles. The molecule has 11 heteroatoms. The van der Waals surface area contributed by atoms with Gasteiger partial charge < -0.3 is 37.6 Å². The monoisotopic (exact) mass is 403 g/mol. The van der Waals surface area contributed by atoms with Crippen molar-refractivity contribution in [3.63, 3.8) is 0 Å². The van der Waals surface area contributed by atoms with Crippen molar-refractivity contribution in [2.24, 2.45) is 17.4 Å². The second-order valence-corrected chi connectivity index (χ2v) is 6.90. The molecule has 0 fully saturated rings. The lowest BCUT2D eigenvalue weighted by Crippen LogP contribution is -2.59. The van der Waals surface area contributed by atoms with Crippen LogP contribution in [-0.2, 0) is 19.2 Å². The predicted molar refractivity (Wildman–Crippen MR) is 102 cm³/mol. The van der Waals surface area contributed by atoms with Gasteiger partial charge in [-0.05, 0) is 38.6 Å². The molecule has 0 spiro atoms. The number of carboxylic acids is 1. The summed E-state index contributed by atoms with van der Waals surface area (Å²) in [4.78, 5) is 47.8. The van der Waals surface area contributed by atoms with Gasteiger partial charge in [-0.3, -0.25) is 14.4 Å². The maximum absolute atomic E-state index is 12.6. The van der Waals surface area contributed by atoms with Crippen LogP contribution in [-0.4, -0.2) is 71.2 Å². The van der Waals surface area contributed by atoms with Crippen molar-refractivity contribution >= 4 is 23.7 Å². The lowest BCUT2D eigenvalue weighted by molar-refractivity contribution is -0.143. The first-order valence-electron chi connectivity index (χ1n) is 9.26. The molecule has 0 saturated carbocycles. The summed E-state index contributed by atoms with van der Waals surface area (Å²) in [7, 11) is 0. The number of nitrogens with one attached hydrogen (secondary N) is 3. The molecule has 0 aromatic heterocycles. The van der Waals surface area contributed by atoms with Crippen LogP contribution in [0.3, 0.4) is 0 Å². The van der Waals surface area contributed by atoms with E-state index in [2.05, 4.69) is 16.0 Å². The van der Waals surface area contributed by atoms with E-state index in [1.165, 1.54) is 6.92 Å². The number of carboxylic acid groups (broad SMARTS) is 1. The molecule has 9 N–H and O–H groups in total. The summed E-state index contributed by atoms with van der Waals surface area (Å²) < 4.78 is 0. The van der Waals surface area contributed by atoms with Crippen LogP contribution in [0.2, 0.25) is 0 Å². The van der Waals surface area contributed by atoms with E-state index in [0.29, 0.717) is 19.4 Å². The van der Waals surface area contributed by atoms with Crippen LogP contribution in [0.5, 0.6) is 0 Å². The number of aliphatic hydroxyl groups excluding tert-OH is 1. The Hall–Kier alpha value is -2.24. The molecule has 0 radical (unpaired) electrons. The molecule has 162 valence electrons. The maximum Gasteiger partial charge on any atom is 0.326 e. The van der Waals surface area contributed by atoms with Crippen LogP contribution in [0.1, 0.15) is 40.0 Å². The highest BCUT2D eigenvalue weighted by molar-refractivity contribution is 5.94. The summed E-state index contributed by atoms with van der Waals surface area (Å²) in [6, 6.07) is -3.47. The molecular formula is C17H33N5O6. The number of rotatable bonds is 13. The normalized spacial score (nSPS) is 15.2. The van der Waals surface area contributed by atoms with E-state index in [-0.39, 0.29) is 18.9 Å². The molecule has 28 heavy (non-hydrogen) atoms. The lowest BCUT2D eigenvalue weighted by Gasteiger charge is -2.27. The number of nitrogens with two attached hydrogens (primary N) is 2. The molecule has 0 aliphatic heterocycles. The predicted octanol–water partition coefficient (Wildman–Crippen LogP) is -2.35. The van der Waals surface area contributed by atoms with Crippen molar-refractivity contribution in [1.82, 2.24) is 16.0 Å². The van der Waals surface area contributed by atoms with Gasteiger partial charge in [-0.1, -0.05) is 13.8 Å². The zero-order chi connectivity index (χ0) is 21.9. The number of carbonyl (C=O) groups is 4. The SMILES string of the molecule is CC(C)C(NC(=O)C(NC(=O)CN)C(C)O)C(=O)NC(CCCCN)C(=O)O. The Morgan fingerprint density at radius 1 is 0.893 bits per heavy atom. The molecule has 0 saturated heterocycles. The van der Waals surface area contributed by atoms with Crippen molar-refractivity contribution in [2.75, 3.05) is 13.1 Å². The molecule has 4 unspecified atom stereocenters. The summed E-state index contributed by atoms with van der Waals surface area (Å²) in [6.45, 7) is 4.70. The minimum atomic E-state index is -1.30. The number of amides is 3. The van der Waals surface area contributed by atoms with Gasteiger partial charge in [0.15, 0.2) is 0 Å². The van der Waals surface area contributed by atoms with E-state index in [1.54, 1.807) is 13.8 Å². The zero-order valence-corrected chi connectivity index (χ0v) is 16.6. The first-order chi connectivity index (χ1) is 13.0. The van der Waals surface area contributed by atoms with E-state index in [4.69, 9.17) is 11.5 Å². The first-order valence-corrected chi connectivity index (χ1v) is 9.26. The van der Waals surface area contributed by atoms with Crippen LogP contribution in [0.25, 0.3) is 0 Å². The quantitative estimate of drug-likeness (QED) is 0.166. The molecule has 11 nitrogen and oxygen atoms in total. The Kier molecular flexibility index (Phi) is 12.0. The number of hydrogen-bond acceptors (Lipinski definition) is 7. The maximum atomic E-state index is 12.6. The van der Waals surface area contributed by atoms with Crippen molar-refractivity contribution in [2.45, 2.75) is 64.3 Å². The highest BCUT2D eigenvalue weighted by Crippen LogP contribution is 2.07. The van der Waals surface area contributed by atoms with Gasteiger partial charge in [0.05, 0.1) is 12.6 Å². The second kappa shape index (κ2) is 13.0. The Morgan fingerprint density at radius 3 is 1.89 bits per heavy atom. The van der Waals surface area contributed by atoms with E-state index >= 15 is 0 Å². The molecule has 0 aromatic rings. The van der Waals surface area contributed by atoms with Gasteiger partial charge in [0.2, 0.25) is 17.7 Å². The Morgan fingerprint density at radius 2 is 1.46 bits per heavy atom. The third kappa shape index (κ3) is 9.11. The summed E-state index contributed by atoms with van der Waals surface area (Å²) in [5.74, 6) is -3.64. The molecule has 0 bridgehead atoms. The third-order valence-corrected chi connectivity index (χ3v) is 4.08. The number of unbranched alkanes of at least 4 members (excludes halogenated alkanes) is 1. The van der Waals surface area contributed by atoms with Gasteiger partial charge in [-0.2, -0.15) is 0 Å². The third-order valence-electron chi connectivity index (χ3n) is 4.08. The smallest absolute Gasteiger partial charge is 0.326 e. The van der Waals surface area contributed by atoms with Gasteiger partial charge in [-0.15, -0.1) is 0 Å². The van der Waals surface area contributed by atoms with E-state index in [0.717, 1.165) is 0 Å². The summed E-state index contributed by atoms with van der Waals surface area (Å²) in [5.41, 5.74) is 10.6. The highest BCUT2D eigenvalue weighted by Gasteiger charge is 2.32. The van der Waals surface area contributed by atoms with E-state index in [1.807, 2.05) is 0 Å². The second-order valence-electron chi connectivity index (χ2n) is 6.90. The fourth-order valence-electron chi connectivity index (χ4n) is 2.43. The molecule has 0 heterocycles. The Labute approximate surface area is 164 Å².